The van der Waals surface area contributed by atoms with Crippen molar-refractivity contribution in [3.05, 3.63) is 23.7 Å². The van der Waals surface area contributed by atoms with Crippen LogP contribution in [0.3, 0.4) is 0 Å². The van der Waals surface area contributed by atoms with E-state index in [0.717, 1.165) is 30.0 Å². The molecule has 0 aliphatic carbocycles. The van der Waals surface area contributed by atoms with Gasteiger partial charge >= 0.3 is 0 Å². The van der Waals surface area contributed by atoms with Gasteiger partial charge in [-0.05, 0) is 43.7 Å². The molecule has 3 atom stereocenters. The first-order valence-corrected chi connectivity index (χ1v) is 10.6. The minimum absolute atomic E-state index is 0.0506. The summed E-state index contributed by atoms with van der Waals surface area (Å²) in [5.41, 5.74) is 2.12. The van der Waals surface area contributed by atoms with Crippen molar-refractivity contribution in [3.8, 4) is 0 Å². The van der Waals surface area contributed by atoms with Gasteiger partial charge in [0.15, 0.2) is 11.5 Å². The van der Waals surface area contributed by atoms with Crippen LogP contribution in [0.1, 0.15) is 52.4 Å². The van der Waals surface area contributed by atoms with E-state index in [0.29, 0.717) is 24.2 Å². The zero-order valence-electron chi connectivity index (χ0n) is 18.8. The van der Waals surface area contributed by atoms with Crippen LogP contribution in [0.4, 0.5) is 5.69 Å². The first kappa shape index (κ1) is 21.6. The summed E-state index contributed by atoms with van der Waals surface area (Å²) in [4.78, 5) is 19.9. The van der Waals surface area contributed by atoms with Gasteiger partial charge in [-0.1, -0.05) is 27.7 Å². The molecule has 2 aromatic rings. The molecule has 29 heavy (non-hydrogen) atoms. The Bertz CT molecular complexity index is 877. The second-order valence-electron chi connectivity index (χ2n) is 9.10. The quantitative estimate of drug-likeness (QED) is 0.772. The molecule has 1 amide bonds. The smallest absolute Gasteiger partial charge is 0.226 e. The minimum atomic E-state index is -0.915. The zero-order valence-corrected chi connectivity index (χ0v) is 18.8. The number of nitrogens with one attached hydrogen (secondary N) is 1. The fourth-order valence-electron chi connectivity index (χ4n) is 3.85. The molecule has 0 aromatic carbocycles. The maximum Gasteiger partial charge on any atom is 0.226 e. The van der Waals surface area contributed by atoms with Gasteiger partial charge in [-0.2, -0.15) is 0 Å². The van der Waals surface area contributed by atoms with Crippen LogP contribution in [0, 0.1) is 24.7 Å². The number of aryl methyl sites for hydroxylation is 1. The molecule has 1 aliphatic heterocycles. The van der Waals surface area contributed by atoms with E-state index in [9.17, 15) is 4.79 Å². The number of hydrogen-bond acceptors (Lipinski definition) is 5. The summed E-state index contributed by atoms with van der Waals surface area (Å²) in [7, 11) is 1.61. The van der Waals surface area contributed by atoms with E-state index in [1.165, 1.54) is 6.42 Å². The molecule has 0 spiro atoms. The Kier molecular flexibility index (Phi) is 6.17. The van der Waals surface area contributed by atoms with E-state index in [4.69, 9.17) is 14.8 Å². The van der Waals surface area contributed by atoms with Gasteiger partial charge in [0.2, 0.25) is 5.91 Å². The average molecular weight is 402 g/mol. The van der Waals surface area contributed by atoms with Crippen LogP contribution in [-0.4, -0.2) is 47.2 Å². The molecule has 0 saturated carbocycles. The van der Waals surface area contributed by atoms with Crippen molar-refractivity contribution in [2.45, 2.75) is 53.6 Å². The van der Waals surface area contributed by atoms with Crippen molar-refractivity contribution in [3.63, 3.8) is 0 Å². The number of aromatic nitrogens is 3. The Hall–Kier alpha value is -2.15. The van der Waals surface area contributed by atoms with Gasteiger partial charge in [-0.3, -0.25) is 4.79 Å². The third-order valence-corrected chi connectivity index (χ3v) is 6.16. The topological polar surface area (TPSA) is 71.8 Å². The molecule has 1 fully saturated rings. The highest BCUT2D eigenvalue weighted by molar-refractivity contribution is 5.79. The van der Waals surface area contributed by atoms with E-state index in [1.54, 1.807) is 7.11 Å². The number of carbonyl (C=O) groups excluding carboxylic acids is 1. The maximum absolute atomic E-state index is 12.7. The van der Waals surface area contributed by atoms with Gasteiger partial charge in [-0.25, -0.2) is 9.50 Å². The number of hydrogen-bond donors (Lipinski definition) is 1. The van der Waals surface area contributed by atoms with Crippen molar-refractivity contribution in [1.29, 1.82) is 0 Å². The number of rotatable bonds is 7. The Balaban J connectivity index is 1.92. The summed E-state index contributed by atoms with van der Waals surface area (Å²) in [6.45, 7) is 15.0. The normalized spacial score (nSPS) is 20.3. The molecular formula is C22H35N5O2. The highest BCUT2D eigenvalue weighted by Gasteiger charge is 2.41. The zero-order chi connectivity index (χ0) is 21.3. The van der Waals surface area contributed by atoms with Crippen LogP contribution in [0.2, 0.25) is 0 Å². The third-order valence-electron chi connectivity index (χ3n) is 6.16. The number of methoxy groups -OCH3 is 1. The second-order valence-corrected chi connectivity index (χ2v) is 9.10. The molecule has 0 bridgehead atoms. The van der Waals surface area contributed by atoms with E-state index in [1.807, 2.05) is 24.6 Å². The number of amides is 1. The summed E-state index contributed by atoms with van der Waals surface area (Å²) >= 11 is 0. The van der Waals surface area contributed by atoms with Crippen molar-refractivity contribution in [1.82, 2.24) is 19.9 Å². The number of carbonyl (C=O) groups is 1. The number of pyridine rings is 1. The van der Waals surface area contributed by atoms with Crippen molar-refractivity contribution in [2.75, 3.05) is 31.6 Å². The lowest BCUT2D eigenvalue weighted by Crippen LogP contribution is -2.44. The van der Waals surface area contributed by atoms with Crippen LogP contribution in [0.25, 0.3) is 5.65 Å². The van der Waals surface area contributed by atoms with E-state index < -0.39 is 11.5 Å². The lowest BCUT2D eigenvalue weighted by atomic mass is 9.88. The maximum atomic E-state index is 12.7. The van der Waals surface area contributed by atoms with Crippen molar-refractivity contribution in [2.24, 2.45) is 17.8 Å². The van der Waals surface area contributed by atoms with E-state index in [2.05, 4.69) is 44.0 Å². The summed E-state index contributed by atoms with van der Waals surface area (Å²) in [5.74, 6) is 1.15. The monoisotopic (exact) mass is 401 g/mol. The molecule has 1 N–H and O–H groups in total. The van der Waals surface area contributed by atoms with Gasteiger partial charge in [0.1, 0.15) is 5.60 Å². The Morgan fingerprint density at radius 2 is 2.14 bits per heavy atom. The molecule has 3 rings (SSSR count). The Labute approximate surface area is 173 Å². The van der Waals surface area contributed by atoms with Gasteiger partial charge in [0.05, 0.1) is 17.8 Å². The average Bonchev–Trinajstić information content (AvgIpc) is 3.31. The first-order chi connectivity index (χ1) is 13.7. The van der Waals surface area contributed by atoms with Gasteiger partial charge in [-0.15, -0.1) is 5.10 Å². The molecule has 3 heterocycles. The second kappa shape index (κ2) is 8.30. The van der Waals surface area contributed by atoms with Gasteiger partial charge < -0.3 is 15.0 Å². The number of fused-ring (bicyclic) bond motifs is 1. The molecule has 0 radical (unpaired) electrons. The Morgan fingerprint density at radius 3 is 2.72 bits per heavy atom. The molecule has 7 nitrogen and oxygen atoms in total. The predicted molar refractivity (Wildman–Crippen MR) is 115 cm³/mol. The summed E-state index contributed by atoms with van der Waals surface area (Å²) in [6, 6.07) is 2.18. The minimum Gasteiger partial charge on any atom is -0.370 e. The number of anilines is 1. The first-order valence-electron chi connectivity index (χ1n) is 10.6. The van der Waals surface area contributed by atoms with E-state index >= 15 is 0 Å². The van der Waals surface area contributed by atoms with Crippen LogP contribution in [0.15, 0.2) is 12.3 Å². The standard InChI is InChI=1S/C22H35N5O2/c1-14(2)11-23-20(28)17(5)22(6,29-7)21-24-19-16(4)10-18(13-27(19)25-21)26-9-8-15(3)12-26/h10,13-15,17H,8-9,11-12H2,1-7H3,(H,23,28). The molecular weight excluding hydrogens is 366 g/mol. The van der Waals surface area contributed by atoms with Gasteiger partial charge in [0.25, 0.3) is 0 Å². The molecule has 2 aromatic heterocycles. The molecule has 7 heteroatoms. The molecule has 3 unspecified atom stereocenters. The number of ether oxygens (including phenoxy) is 1. The lowest BCUT2D eigenvalue weighted by Gasteiger charge is -2.30. The van der Waals surface area contributed by atoms with Crippen LogP contribution in [-0.2, 0) is 15.1 Å². The predicted octanol–water partition coefficient (Wildman–Crippen LogP) is 3.15. The Morgan fingerprint density at radius 1 is 1.41 bits per heavy atom. The van der Waals surface area contributed by atoms with Crippen LogP contribution >= 0.6 is 0 Å². The molecule has 1 saturated heterocycles. The molecule has 1 aliphatic rings. The highest BCUT2D eigenvalue weighted by atomic mass is 16.5. The van der Waals surface area contributed by atoms with E-state index in [-0.39, 0.29) is 5.91 Å². The lowest BCUT2D eigenvalue weighted by molar-refractivity contribution is -0.137. The third kappa shape index (κ3) is 4.25. The molecule has 160 valence electrons. The fourth-order valence-corrected chi connectivity index (χ4v) is 3.85. The summed E-state index contributed by atoms with van der Waals surface area (Å²) in [6.07, 6.45) is 3.25. The fraction of sp³-hybridized carbons (Fsp3) is 0.682. The SMILES string of the molecule is COC(C)(c1nc2c(C)cc(N3CCC(C)C3)cn2n1)C(C)C(=O)NCC(C)C. The van der Waals surface area contributed by atoms with Crippen LogP contribution in [0.5, 0.6) is 0 Å². The summed E-state index contributed by atoms with van der Waals surface area (Å²) in [5, 5.41) is 7.74. The van der Waals surface area contributed by atoms with Crippen molar-refractivity contribution >= 4 is 17.2 Å². The largest absolute Gasteiger partial charge is 0.370 e. The summed E-state index contributed by atoms with van der Waals surface area (Å²) < 4.78 is 7.65. The van der Waals surface area contributed by atoms with Gasteiger partial charge in [0, 0.05) is 26.7 Å². The van der Waals surface area contributed by atoms with Crippen LogP contribution < -0.4 is 10.2 Å². The highest BCUT2D eigenvalue weighted by Crippen LogP contribution is 2.32. The van der Waals surface area contributed by atoms with Crippen molar-refractivity contribution < 1.29 is 9.53 Å². The number of nitrogens with zero attached hydrogens (tertiary/aromatic N) is 4.